The number of ether oxygens (including phenoxy) is 3. The van der Waals surface area contributed by atoms with Gasteiger partial charge in [0, 0.05) is 11.8 Å². The zero-order chi connectivity index (χ0) is 17.2. The van der Waals surface area contributed by atoms with Crippen LogP contribution in [0, 0.1) is 0 Å². The van der Waals surface area contributed by atoms with E-state index in [1.807, 2.05) is 30.3 Å². The van der Waals surface area contributed by atoms with Crippen molar-refractivity contribution in [2.45, 2.75) is 6.10 Å². The van der Waals surface area contributed by atoms with Gasteiger partial charge < -0.3 is 23.9 Å². The van der Waals surface area contributed by atoms with E-state index in [2.05, 4.69) is 5.32 Å². The summed E-state index contributed by atoms with van der Waals surface area (Å²) in [5.74, 6) is 1.27. The number of hydrogen-bond donors (Lipinski definition) is 1. The van der Waals surface area contributed by atoms with Gasteiger partial charge in [0.05, 0.1) is 13.7 Å². The van der Waals surface area contributed by atoms with Gasteiger partial charge in [0.15, 0.2) is 16.8 Å². The maximum atomic E-state index is 12.7. The van der Waals surface area contributed by atoms with E-state index < -0.39 is 0 Å². The number of methoxy groups -OCH3 is 1. The molecule has 128 valence electrons. The Labute approximate surface area is 143 Å². The van der Waals surface area contributed by atoms with Crippen molar-refractivity contribution in [2.75, 3.05) is 25.6 Å². The molecule has 1 N–H and O–H groups in total. The Balaban J connectivity index is 1.76. The second-order valence-corrected chi connectivity index (χ2v) is 5.70. The highest BCUT2D eigenvalue weighted by atomic mass is 16.6. The van der Waals surface area contributed by atoms with Crippen LogP contribution in [0.25, 0.3) is 11.0 Å². The van der Waals surface area contributed by atoms with E-state index in [0.717, 1.165) is 5.69 Å². The van der Waals surface area contributed by atoms with Crippen molar-refractivity contribution >= 4 is 22.5 Å². The second-order valence-electron chi connectivity index (χ2n) is 5.70. The van der Waals surface area contributed by atoms with Crippen molar-refractivity contribution in [3.05, 3.63) is 58.8 Å². The molecule has 1 unspecified atom stereocenters. The molecule has 6 heteroatoms. The molecule has 0 spiro atoms. The van der Waals surface area contributed by atoms with Crippen molar-refractivity contribution < 1.29 is 18.6 Å². The van der Waals surface area contributed by atoms with Crippen LogP contribution in [0.1, 0.15) is 0 Å². The van der Waals surface area contributed by atoms with Crippen LogP contribution < -0.4 is 20.2 Å². The number of nitrogens with one attached hydrogen (secondary N) is 1. The minimum absolute atomic E-state index is 0.100. The van der Waals surface area contributed by atoms with Gasteiger partial charge in [-0.3, -0.25) is 4.79 Å². The molecule has 0 aliphatic carbocycles. The van der Waals surface area contributed by atoms with E-state index in [1.165, 1.54) is 13.2 Å². The number of benzene rings is 2. The smallest absolute Gasteiger partial charge is 0.202 e. The van der Waals surface area contributed by atoms with Crippen LogP contribution in [0.2, 0.25) is 0 Å². The molecule has 1 aliphatic rings. The lowest BCUT2D eigenvalue weighted by Gasteiger charge is -2.12. The summed E-state index contributed by atoms with van der Waals surface area (Å²) >= 11 is 0. The van der Waals surface area contributed by atoms with Gasteiger partial charge in [-0.25, -0.2) is 0 Å². The summed E-state index contributed by atoms with van der Waals surface area (Å²) < 4.78 is 22.1. The van der Waals surface area contributed by atoms with Crippen molar-refractivity contribution in [3.8, 4) is 11.5 Å². The van der Waals surface area contributed by atoms with Crippen molar-refractivity contribution in [1.29, 1.82) is 0 Å². The van der Waals surface area contributed by atoms with Crippen LogP contribution in [-0.4, -0.2) is 26.4 Å². The average Bonchev–Trinajstić information content (AvgIpc) is 3.45. The fourth-order valence-electron chi connectivity index (χ4n) is 2.56. The van der Waals surface area contributed by atoms with Crippen LogP contribution >= 0.6 is 0 Å². The lowest BCUT2D eigenvalue weighted by Crippen LogP contribution is -2.09. The molecule has 2 heterocycles. The van der Waals surface area contributed by atoms with Crippen LogP contribution in [0.4, 0.5) is 11.6 Å². The quantitative estimate of drug-likeness (QED) is 0.695. The summed E-state index contributed by atoms with van der Waals surface area (Å²) in [6, 6.07) is 14.3. The van der Waals surface area contributed by atoms with Gasteiger partial charge in [0.1, 0.15) is 23.8 Å². The molecule has 0 bridgehead atoms. The predicted octanol–water partition coefficient (Wildman–Crippen LogP) is 3.32. The highest BCUT2D eigenvalue weighted by molar-refractivity contribution is 5.89. The lowest BCUT2D eigenvalue weighted by molar-refractivity contribution is 0.265. The Hall–Kier alpha value is -2.99. The molecule has 0 amide bonds. The number of para-hydroxylation sites is 1. The van der Waals surface area contributed by atoms with Gasteiger partial charge in [0.2, 0.25) is 5.88 Å². The molecule has 2 aromatic carbocycles. The Morgan fingerprint density at radius 2 is 1.92 bits per heavy atom. The van der Waals surface area contributed by atoms with E-state index in [0.29, 0.717) is 41.6 Å². The largest absolute Gasteiger partial charge is 0.493 e. The fraction of sp³-hybridized carbons (Fsp3) is 0.211. The predicted molar refractivity (Wildman–Crippen MR) is 94.0 cm³/mol. The lowest BCUT2D eigenvalue weighted by atomic mass is 10.2. The minimum Gasteiger partial charge on any atom is -0.493 e. The Kier molecular flexibility index (Phi) is 4.03. The Morgan fingerprint density at radius 3 is 2.64 bits per heavy atom. The van der Waals surface area contributed by atoms with E-state index >= 15 is 0 Å². The third kappa shape index (κ3) is 3.29. The normalized spacial score (nSPS) is 15.8. The van der Waals surface area contributed by atoms with Crippen molar-refractivity contribution in [3.63, 3.8) is 0 Å². The van der Waals surface area contributed by atoms with Gasteiger partial charge in [-0.2, -0.15) is 0 Å². The average molecular weight is 339 g/mol. The first kappa shape index (κ1) is 15.5. The minimum atomic E-state index is -0.203. The van der Waals surface area contributed by atoms with Crippen molar-refractivity contribution in [2.24, 2.45) is 0 Å². The molecule has 0 saturated carbocycles. The standard InChI is InChI=1S/C19H17NO5/c1-22-16-8-7-15(24-11-13-10-23-13)18-14(21)9-17(25-19(16)18)20-12-5-3-2-4-6-12/h2-9,13,20H,10-11H2,1H3. The molecule has 1 aliphatic heterocycles. The molecule has 1 atom stereocenters. The van der Waals surface area contributed by atoms with Gasteiger partial charge in [0.25, 0.3) is 0 Å². The molecular formula is C19H17NO5. The van der Waals surface area contributed by atoms with Crippen LogP contribution in [0.15, 0.2) is 57.7 Å². The van der Waals surface area contributed by atoms with Gasteiger partial charge in [-0.15, -0.1) is 0 Å². The van der Waals surface area contributed by atoms with Crippen LogP contribution in [-0.2, 0) is 4.74 Å². The zero-order valence-electron chi connectivity index (χ0n) is 13.7. The summed E-state index contributed by atoms with van der Waals surface area (Å²) in [6.07, 6.45) is 0.100. The summed E-state index contributed by atoms with van der Waals surface area (Å²) in [4.78, 5) is 12.7. The highest BCUT2D eigenvalue weighted by Gasteiger charge is 2.24. The van der Waals surface area contributed by atoms with Crippen LogP contribution in [0.5, 0.6) is 11.5 Å². The number of hydrogen-bond acceptors (Lipinski definition) is 6. The summed E-state index contributed by atoms with van der Waals surface area (Å²) in [5.41, 5.74) is 0.968. The maximum Gasteiger partial charge on any atom is 0.202 e. The Morgan fingerprint density at radius 1 is 1.16 bits per heavy atom. The van der Waals surface area contributed by atoms with E-state index in [4.69, 9.17) is 18.6 Å². The molecule has 1 saturated heterocycles. The monoisotopic (exact) mass is 339 g/mol. The number of epoxide rings is 1. The van der Waals surface area contributed by atoms with E-state index in [-0.39, 0.29) is 11.5 Å². The highest BCUT2D eigenvalue weighted by Crippen LogP contribution is 2.33. The zero-order valence-corrected chi connectivity index (χ0v) is 13.7. The Bertz CT molecular complexity index is 947. The molecule has 0 radical (unpaired) electrons. The first-order valence-electron chi connectivity index (χ1n) is 7.96. The fourth-order valence-corrected chi connectivity index (χ4v) is 2.56. The maximum absolute atomic E-state index is 12.7. The number of anilines is 2. The molecule has 1 aromatic heterocycles. The van der Waals surface area contributed by atoms with Crippen LogP contribution in [0.3, 0.4) is 0 Å². The SMILES string of the molecule is COc1ccc(OCC2CO2)c2c(=O)cc(Nc3ccccc3)oc12. The van der Waals surface area contributed by atoms with Gasteiger partial charge in [-0.05, 0) is 24.3 Å². The van der Waals surface area contributed by atoms with Crippen molar-refractivity contribution in [1.82, 2.24) is 0 Å². The molecular weight excluding hydrogens is 322 g/mol. The van der Waals surface area contributed by atoms with E-state index in [9.17, 15) is 4.79 Å². The molecule has 25 heavy (non-hydrogen) atoms. The molecule has 1 fully saturated rings. The first-order valence-corrected chi connectivity index (χ1v) is 7.96. The molecule has 6 nitrogen and oxygen atoms in total. The second kappa shape index (κ2) is 6.49. The summed E-state index contributed by atoms with van der Waals surface area (Å²) in [6.45, 7) is 1.10. The summed E-state index contributed by atoms with van der Waals surface area (Å²) in [7, 11) is 1.53. The summed E-state index contributed by atoms with van der Waals surface area (Å²) in [5, 5.41) is 3.44. The third-order valence-electron chi connectivity index (χ3n) is 3.89. The third-order valence-corrected chi connectivity index (χ3v) is 3.89. The van der Waals surface area contributed by atoms with E-state index in [1.54, 1.807) is 12.1 Å². The first-order chi connectivity index (χ1) is 12.2. The molecule has 4 rings (SSSR count). The molecule has 3 aromatic rings. The topological polar surface area (TPSA) is 73.2 Å². The van der Waals surface area contributed by atoms with Gasteiger partial charge >= 0.3 is 0 Å². The number of fused-ring (bicyclic) bond motifs is 1. The van der Waals surface area contributed by atoms with Gasteiger partial charge in [-0.1, -0.05) is 18.2 Å². The number of rotatable bonds is 6.